The molecular weight excluding hydrogens is 436 g/mol. The molecule has 0 aliphatic carbocycles. The second kappa shape index (κ2) is 8.01. The fraction of sp³-hybridized carbons (Fsp3) is 0.348. The first kappa shape index (κ1) is 20.5. The second-order valence-electron chi connectivity index (χ2n) is 8.54. The SMILES string of the molecule is Cn1nc2cc(N3CCOc4cc(C(=O)N5CCCCC5)cnc43)cc(-n3ccnc3)n2c1=O. The maximum atomic E-state index is 13.0. The average Bonchev–Trinajstić information content (AvgIpc) is 3.51. The summed E-state index contributed by atoms with van der Waals surface area (Å²) in [6.45, 7) is 2.57. The van der Waals surface area contributed by atoms with E-state index in [9.17, 15) is 9.59 Å². The summed E-state index contributed by atoms with van der Waals surface area (Å²) in [6.07, 6.45) is 9.94. The van der Waals surface area contributed by atoms with Crippen molar-refractivity contribution >= 4 is 23.1 Å². The predicted molar refractivity (Wildman–Crippen MR) is 124 cm³/mol. The van der Waals surface area contributed by atoms with Crippen LogP contribution in [0.25, 0.3) is 11.5 Å². The highest BCUT2D eigenvalue weighted by atomic mass is 16.5. The number of hydrogen-bond donors (Lipinski definition) is 0. The number of hydrogen-bond acceptors (Lipinski definition) is 7. The van der Waals surface area contributed by atoms with Crippen LogP contribution >= 0.6 is 0 Å². The number of rotatable bonds is 3. The number of imidazole rings is 1. The van der Waals surface area contributed by atoms with Crippen LogP contribution in [-0.2, 0) is 7.05 Å². The molecule has 0 N–H and O–H groups in total. The van der Waals surface area contributed by atoms with Gasteiger partial charge in [0.2, 0.25) is 0 Å². The quantitative estimate of drug-likeness (QED) is 0.459. The van der Waals surface area contributed by atoms with Gasteiger partial charge in [0.05, 0.1) is 17.8 Å². The molecule has 0 saturated carbocycles. The lowest BCUT2D eigenvalue weighted by atomic mass is 10.1. The molecule has 11 heteroatoms. The molecular formula is C23H24N8O3. The molecule has 0 unspecified atom stereocenters. The van der Waals surface area contributed by atoms with Gasteiger partial charge in [0, 0.05) is 50.9 Å². The lowest BCUT2D eigenvalue weighted by Gasteiger charge is -2.31. The van der Waals surface area contributed by atoms with Crippen LogP contribution in [0, 0.1) is 0 Å². The number of carbonyl (C=O) groups is 1. The largest absolute Gasteiger partial charge is 0.488 e. The van der Waals surface area contributed by atoms with Crippen molar-refractivity contribution in [1.82, 2.24) is 33.6 Å². The average molecular weight is 460 g/mol. The van der Waals surface area contributed by atoms with Crippen LogP contribution in [0.15, 0.2) is 47.9 Å². The minimum absolute atomic E-state index is 0.00704. The maximum Gasteiger partial charge on any atom is 0.351 e. The van der Waals surface area contributed by atoms with Crippen molar-refractivity contribution in [3.05, 3.63) is 59.2 Å². The van der Waals surface area contributed by atoms with Crippen molar-refractivity contribution in [2.75, 3.05) is 31.1 Å². The summed E-state index contributed by atoms with van der Waals surface area (Å²) in [4.78, 5) is 38.3. The smallest absolute Gasteiger partial charge is 0.351 e. The standard InChI is InChI=1S/C23H24N8O3/c1-27-23(33)31-19(26-27)12-17(13-20(31)29-8-5-24-15-29)30-9-10-34-18-11-16(14-25-21(18)30)22(32)28-6-3-2-4-7-28/h5,8,11-15H,2-4,6-7,9-10H2,1H3. The van der Waals surface area contributed by atoms with Gasteiger partial charge in [-0.3, -0.25) is 9.36 Å². The third kappa shape index (κ3) is 3.31. The molecule has 4 aromatic rings. The van der Waals surface area contributed by atoms with E-state index in [-0.39, 0.29) is 11.6 Å². The molecule has 6 rings (SSSR count). The third-order valence-electron chi connectivity index (χ3n) is 6.36. The van der Waals surface area contributed by atoms with Crippen molar-refractivity contribution in [2.45, 2.75) is 19.3 Å². The topological polar surface area (TPSA) is 103 Å². The minimum Gasteiger partial charge on any atom is -0.488 e. The normalized spacial score (nSPS) is 15.9. The van der Waals surface area contributed by atoms with Gasteiger partial charge in [-0.1, -0.05) is 0 Å². The highest BCUT2D eigenvalue weighted by Gasteiger charge is 2.26. The van der Waals surface area contributed by atoms with E-state index >= 15 is 0 Å². The van der Waals surface area contributed by atoms with Crippen molar-refractivity contribution in [3.8, 4) is 11.6 Å². The second-order valence-corrected chi connectivity index (χ2v) is 8.54. The van der Waals surface area contributed by atoms with Crippen molar-refractivity contribution in [3.63, 3.8) is 0 Å². The molecule has 0 spiro atoms. The molecule has 6 heterocycles. The van der Waals surface area contributed by atoms with E-state index in [0.717, 1.165) is 38.0 Å². The van der Waals surface area contributed by atoms with E-state index in [1.165, 1.54) is 4.68 Å². The number of piperidine rings is 1. The van der Waals surface area contributed by atoms with Crippen LogP contribution in [-0.4, -0.2) is 65.8 Å². The minimum atomic E-state index is -0.244. The number of amides is 1. The Morgan fingerprint density at radius 1 is 1.09 bits per heavy atom. The Kier molecular flexibility index (Phi) is 4.82. The summed E-state index contributed by atoms with van der Waals surface area (Å²) in [7, 11) is 1.62. The Labute approximate surface area is 194 Å². The molecule has 1 amide bonds. The first-order chi connectivity index (χ1) is 16.6. The van der Waals surface area contributed by atoms with Gasteiger partial charge < -0.3 is 14.5 Å². The monoisotopic (exact) mass is 460 g/mol. The van der Waals surface area contributed by atoms with Gasteiger partial charge in [0.25, 0.3) is 5.91 Å². The first-order valence-electron chi connectivity index (χ1n) is 11.4. The molecule has 4 aromatic heterocycles. The molecule has 0 bridgehead atoms. The molecule has 0 radical (unpaired) electrons. The third-order valence-corrected chi connectivity index (χ3v) is 6.36. The van der Waals surface area contributed by atoms with Crippen LogP contribution in [0.1, 0.15) is 29.6 Å². The molecule has 11 nitrogen and oxygen atoms in total. The summed E-state index contributed by atoms with van der Waals surface area (Å²) in [6, 6.07) is 5.54. The Balaban J connectivity index is 1.42. The van der Waals surface area contributed by atoms with Crippen LogP contribution in [0.2, 0.25) is 0 Å². The molecule has 1 fully saturated rings. The number of aromatic nitrogens is 6. The number of ether oxygens (including phenoxy) is 1. The van der Waals surface area contributed by atoms with Crippen LogP contribution < -0.4 is 15.3 Å². The fourth-order valence-electron chi connectivity index (χ4n) is 4.65. The Morgan fingerprint density at radius 2 is 1.94 bits per heavy atom. The van der Waals surface area contributed by atoms with E-state index in [1.54, 1.807) is 47.0 Å². The summed E-state index contributed by atoms with van der Waals surface area (Å²) in [5.74, 6) is 1.80. The number of likely N-dealkylation sites (tertiary alicyclic amines) is 1. The molecule has 2 aliphatic rings. The van der Waals surface area contributed by atoms with E-state index in [1.807, 2.05) is 21.9 Å². The van der Waals surface area contributed by atoms with Crippen molar-refractivity contribution in [1.29, 1.82) is 0 Å². The summed E-state index contributed by atoms with van der Waals surface area (Å²) < 4.78 is 10.5. The van der Waals surface area contributed by atoms with Gasteiger partial charge in [-0.2, -0.15) is 5.10 Å². The lowest BCUT2D eigenvalue weighted by Crippen LogP contribution is -2.36. The Hall–Kier alpha value is -4.15. The van der Waals surface area contributed by atoms with Gasteiger partial charge in [-0.25, -0.2) is 23.8 Å². The van der Waals surface area contributed by atoms with E-state index < -0.39 is 0 Å². The Morgan fingerprint density at radius 3 is 2.74 bits per heavy atom. The van der Waals surface area contributed by atoms with E-state index in [4.69, 9.17) is 4.74 Å². The summed E-state index contributed by atoms with van der Waals surface area (Å²) in [5.41, 5.74) is 1.62. The molecule has 174 valence electrons. The van der Waals surface area contributed by atoms with Crippen LogP contribution in [0.3, 0.4) is 0 Å². The van der Waals surface area contributed by atoms with Gasteiger partial charge in [0.15, 0.2) is 17.2 Å². The van der Waals surface area contributed by atoms with E-state index in [2.05, 4.69) is 15.1 Å². The van der Waals surface area contributed by atoms with Crippen LogP contribution in [0.4, 0.5) is 11.5 Å². The number of anilines is 2. The van der Waals surface area contributed by atoms with Gasteiger partial charge in [0.1, 0.15) is 18.8 Å². The number of carbonyl (C=O) groups excluding carboxylic acids is 1. The summed E-state index contributed by atoms with van der Waals surface area (Å²) in [5, 5.41) is 4.39. The molecule has 34 heavy (non-hydrogen) atoms. The number of fused-ring (bicyclic) bond motifs is 2. The number of pyridine rings is 2. The zero-order valence-electron chi connectivity index (χ0n) is 18.8. The number of aryl methyl sites for hydroxylation is 1. The van der Waals surface area contributed by atoms with Crippen molar-refractivity contribution in [2.24, 2.45) is 7.05 Å². The zero-order chi connectivity index (χ0) is 23.2. The number of nitrogens with zero attached hydrogens (tertiary/aromatic N) is 8. The zero-order valence-corrected chi connectivity index (χ0v) is 18.8. The Bertz CT molecular complexity index is 1430. The van der Waals surface area contributed by atoms with Crippen LogP contribution in [0.5, 0.6) is 5.75 Å². The summed E-state index contributed by atoms with van der Waals surface area (Å²) >= 11 is 0. The maximum absolute atomic E-state index is 13.0. The highest BCUT2D eigenvalue weighted by molar-refractivity contribution is 5.95. The molecule has 2 aliphatic heterocycles. The van der Waals surface area contributed by atoms with Gasteiger partial charge >= 0.3 is 5.69 Å². The molecule has 0 atom stereocenters. The van der Waals surface area contributed by atoms with Gasteiger partial charge in [-0.05, 0) is 25.3 Å². The molecule has 1 saturated heterocycles. The fourth-order valence-corrected chi connectivity index (χ4v) is 4.65. The highest BCUT2D eigenvalue weighted by Crippen LogP contribution is 2.36. The van der Waals surface area contributed by atoms with Gasteiger partial charge in [-0.15, -0.1) is 0 Å². The first-order valence-corrected chi connectivity index (χ1v) is 11.4. The van der Waals surface area contributed by atoms with E-state index in [0.29, 0.717) is 41.7 Å². The predicted octanol–water partition coefficient (Wildman–Crippen LogP) is 1.77. The molecule has 0 aromatic carbocycles. The van der Waals surface area contributed by atoms with Crippen molar-refractivity contribution < 1.29 is 9.53 Å². The lowest BCUT2D eigenvalue weighted by molar-refractivity contribution is 0.0723.